The van der Waals surface area contributed by atoms with Crippen LogP contribution in [-0.4, -0.2) is 11.2 Å². The van der Waals surface area contributed by atoms with Crippen LogP contribution in [0, 0.1) is 23.7 Å². The largest absolute Gasteiger partial charge is 0.393 e. The molecule has 10 heavy (non-hydrogen) atoms. The van der Waals surface area contributed by atoms with Gasteiger partial charge in [0.05, 0.1) is 6.10 Å². The fourth-order valence-electron chi connectivity index (χ4n) is 3.51. The Labute approximate surface area is 61.4 Å². The second kappa shape index (κ2) is 1.58. The standard InChI is InChI=1S/C9H14O/c10-9-4-6-1-5-2-7(9)3-8(5)6/h5-10H,1-4H2/t5-,6+,7+,8?,9+/m1/s1. The summed E-state index contributed by atoms with van der Waals surface area (Å²) in [6.07, 6.45) is 5.36. The molecule has 3 saturated carbocycles. The zero-order chi connectivity index (χ0) is 6.72. The first-order chi connectivity index (χ1) is 4.84. The molecule has 0 aromatic heterocycles. The first-order valence-corrected chi connectivity index (χ1v) is 4.52. The van der Waals surface area contributed by atoms with Gasteiger partial charge in [-0.05, 0) is 49.4 Å². The maximum atomic E-state index is 9.59. The van der Waals surface area contributed by atoms with E-state index < -0.39 is 0 Å². The van der Waals surface area contributed by atoms with E-state index in [0.29, 0.717) is 5.92 Å². The van der Waals surface area contributed by atoms with E-state index in [0.717, 1.165) is 24.2 Å². The SMILES string of the molecule is O[C@H]1C[C@@H]2C[C@@H]3C[C@H]1CC32. The molecule has 0 aromatic rings. The molecule has 0 spiro atoms. The van der Waals surface area contributed by atoms with Crippen LogP contribution in [0.5, 0.6) is 0 Å². The van der Waals surface area contributed by atoms with E-state index in [-0.39, 0.29) is 6.10 Å². The topological polar surface area (TPSA) is 20.2 Å². The smallest absolute Gasteiger partial charge is 0.0571 e. The van der Waals surface area contributed by atoms with Crippen LogP contribution in [0.4, 0.5) is 0 Å². The van der Waals surface area contributed by atoms with Crippen LogP contribution in [0.1, 0.15) is 25.7 Å². The maximum Gasteiger partial charge on any atom is 0.0571 e. The van der Waals surface area contributed by atoms with Crippen LogP contribution < -0.4 is 0 Å². The molecule has 0 aromatic carbocycles. The number of aliphatic hydroxyl groups is 1. The third-order valence-electron chi connectivity index (χ3n) is 4.09. The van der Waals surface area contributed by atoms with Crippen LogP contribution in [-0.2, 0) is 0 Å². The molecular weight excluding hydrogens is 124 g/mol. The highest BCUT2D eigenvalue weighted by Gasteiger charge is 2.53. The summed E-state index contributed by atoms with van der Waals surface area (Å²) in [5, 5.41) is 9.59. The highest BCUT2D eigenvalue weighted by atomic mass is 16.3. The molecule has 1 unspecified atom stereocenters. The van der Waals surface area contributed by atoms with E-state index in [4.69, 9.17) is 0 Å². The Balaban J connectivity index is 1.92. The van der Waals surface area contributed by atoms with Crippen molar-refractivity contribution in [1.29, 1.82) is 0 Å². The first-order valence-electron chi connectivity index (χ1n) is 4.52. The Bertz CT molecular complexity index is 164. The number of hydrogen-bond donors (Lipinski definition) is 1. The van der Waals surface area contributed by atoms with Crippen LogP contribution in [0.15, 0.2) is 0 Å². The second-order valence-corrected chi connectivity index (χ2v) is 4.45. The number of aliphatic hydroxyl groups excluding tert-OH is 1. The lowest BCUT2D eigenvalue weighted by molar-refractivity contribution is 0.00948. The quantitative estimate of drug-likeness (QED) is 0.536. The van der Waals surface area contributed by atoms with Crippen LogP contribution in [0.3, 0.4) is 0 Å². The molecule has 0 amide bonds. The van der Waals surface area contributed by atoms with Crippen molar-refractivity contribution in [1.82, 2.24) is 0 Å². The van der Waals surface area contributed by atoms with Crippen LogP contribution >= 0.6 is 0 Å². The van der Waals surface area contributed by atoms with Gasteiger partial charge in [-0.2, -0.15) is 0 Å². The minimum Gasteiger partial charge on any atom is -0.393 e. The average molecular weight is 138 g/mol. The Morgan fingerprint density at radius 2 is 1.50 bits per heavy atom. The van der Waals surface area contributed by atoms with Crippen molar-refractivity contribution in [2.45, 2.75) is 31.8 Å². The minimum atomic E-state index is 0.0775. The summed E-state index contributed by atoms with van der Waals surface area (Å²) >= 11 is 0. The number of rotatable bonds is 0. The van der Waals surface area contributed by atoms with Gasteiger partial charge >= 0.3 is 0 Å². The highest BCUT2D eigenvalue weighted by Crippen LogP contribution is 2.59. The Kier molecular flexibility index (Phi) is 0.883. The molecule has 56 valence electrons. The van der Waals surface area contributed by atoms with E-state index in [1.807, 2.05) is 0 Å². The van der Waals surface area contributed by atoms with E-state index in [1.165, 1.54) is 19.3 Å². The summed E-state index contributed by atoms with van der Waals surface area (Å²) in [4.78, 5) is 0. The van der Waals surface area contributed by atoms with Gasteiger partial charge in [-0.1, -0.05) is 0 Å². The van der Waals surface area contributed by atoms with Gasteiger partial charge in [0.15, 0.2) is 0 Å². The fourth-order valence-corrected chi connectivity index (χ4v) is 3.51. The molecule has 3 rings (SSSR count). The van der Waals surface area contributed by atoms with Crippen molar-refractivity contribution in [2.24, 2.45) is 23.7 Å². The van der Waals surface area contributed by atoms with Crippen molar-refractivity contribution in [3.63, 3.8) is 0 Å². The molecule has 3 aliphatic rings. The van der Waals surface area contributed by atoms with Crippen LogP contribution in [0.25, 0.3) is 0 Å². The molecule has 3 fully saturated rings. The summed E-state index contributed by atoms with van der Waals surface area (Å²) in [5.74, 6) is 3.72. The molecule has 5 atom stereocenters. The summed E-state index contributed by atoms with van der Waals surface area (Å²) in [5.41, 5.74) is 0. The van der Waals surface area contributed by atoms with Crippen molar-refractivity contribution in [3.8, 4) is 0 Å². The predicted molar refractivity (Wildman–Crippen MR) is 38.4 cm³/mol. The lowest BCUT2D eigenvalue weighted by Crippen LogP contribution is -2.37. The molecule has 0 saturated heterocycles. The van der Waals surface area contributed by atoms with Gasteiger partial charge < -0.3 is 5.11 Å². The van der Waals surface area contributed by atoms with Crippen molar-refractivity contribution < 1.29 is 5.11 Å². The lowest BCUT2D eigenvalue weighted by Gasteiger charge is -2.42. The van der Waals surface area contributed by atoms with Gasteiger partial charge in [0, 0.05) is 0 Å². The van der Waals surface area contributed by atoms with E-state index in [2.05, 4.69) is 0 Å². The van der Waals surface area contributed by atoms with Gasteiger partial charge in [0.25, 0.3) is 0 Å². The Morgan fingerprint density at radius 1 is 0.800 bits per heavy atom. The normalized spacial score (nSPS) is 63.9. The van der Waals surface area contributed by atoms with Gasteiger partial charge in [-0.15, -0.1) is 0 Å². The van der Waals surface area contributed by atoms with Gasteiger partial charge in [-0.3, -0.25) is 0 Å². The summed E-state index contributed by atoms with van der Waals surface area (Å²) in [6, 6.07) is 0. The van der Waals surface area contributed by atoms with E-state index >= 15 is 0 Å². The summed E-state index contributed by atoms with van der Waals surface area (Å²) in [7, 11) is 0. The highest BCUT2D eigenvalue weighted by molar-refractivity contribution is 5.03. The van der Waals surface area contributed by atoms with E-state index in [9.17, 15) is 5.11 Å². The Morgan fingerprint density at radius 3 is 2.40 bits per heavy atom. The van der Waals surface area contributed by atoms with Crippen molar-refractivity contribution in [3.05, 3.63) is 0 Å². The first kappa shape index (κ1) is 5.59. The molecule has 0 aliphatic heterocycles. The second-order valence-electron chi connectivity index (χ2n) is 4.45. The number of fused-ring (bicyclic) bond motifs is 1. The molecule has 1 N–H and O–H groups in total. The van der Waals surface area contributed by atoms with Gasteiger partial charge in [0.1, 0.15) is 0 Å². The number of hydrogen-bond acceptors (Lipinski definition) is 1. The van der Waals surface area contributed by atoms with Gasteiger partial charge in [-0.25, -0.2) is 0 Å². The van der Waals surface area contributed by atoms with Crippen LogP contribution in [0.2, 0.25) is 0 Å². The molecule has 3 aliphatic carbocycles. The molecule has 1 heteroatoms. The Hall–Kier alpha value is -0.0400. The van der Waals surface area contributed by atoms with Gasteiger partial charge in [0.2, 0.25) is 0 Å². The molecule has 1 nitrogen and oxygen atoms in total. The average Bonchev–Trinajstić information content (AvgIpc) is 2.04. The summed E-state index contributed by atoms with van der Waals surface area (Å²) in [6.45, 7) is 0. The zero-order valence-electron chi connectivity index (χ0n) is 6.16. The van der Waals surface area contributed by atoms with Crippen molar-refractivity contribution in [2.75, 3.05) is 0 Å². The third kappa shape index (κ3) is 0.493. The molecule has 0 heterocycles. The monoisotopic (exact) mass is 138 g/mol. The summed E-state index contributed by atoms with van der Waals surface area (Å²) < 4.78 is 0. The van der Waals surface area contributed by atoms with E-state index in [1.54, 1.807) is 0 Å². The van der Waals surface area contributed by atoms with Crippen molar-refractivity contribution >= 4 is 0 Å². The molecular formula is C9H14O. The lowest BCUT2D eigenvalue weighted by atomic mass is 9.63. The molecule has 2 bridgehead atoms. The fraction of sp³-hybridized carbons (Fsp3) is 1.00. The third-order valence-corrected chi connectivity index (χ3v) is 4.09. The maximum absolute atomic E-state index is 9.59. The predicted octanol–water partition coefficient (Wildman–Crippen LogP) is 1.41. The zero-order valence-corrected chi connectivity index (χ0v) is 6.16. The minimum absolute atomic E-state index is 0.0775. The molecule has 0 radical (unpaired) electrons.